The van der Waals surface area contributed by atoms with E-state index in [-0.39, 0.29) is 12.4 Å². The molecule has 1 aromatic heterocycles. The minimum absolute atomic E-state index is 0. The van der Waals surface area contributed by atoms with E-state index in [1.165, 1.54) is 0 Å². The molecule has 1 aliphatic heterocycles. The largest absolute Gasteiger partial charge is 0.356 e. The SMILES string of the molecule is Cl.NCC1CCN(c2cccc(Cl)n2)C1. The van der Waals surface area contributed by atoms with Gasteiger partial charge in [-0.05, 0) is 31.0 Å². The zero-order valence-corrected chi connectivity index (χ0v) is 9.97. The Bertz CT molecular complexity index is 319. The number of rotatable bonds is 2. The Morgan fingerprint density at radius 2 is 2.33 bits per heavy atom. The Kier molecular flexibility index (Phi) is 4.64. The van der Waals surface area contributed by atoms with Crippen LogP contribution in [0.4, 0.5) is 5.82 Å². The molecule has 3 nitrogen and oxygen atoms in total. The molecule has 0 aliphatic carbocycles. The van der Waals surface area contributed by atoms with Gasteiger partial charge in [0.25, 0.3) is 0 Å². The summed E-state index contributed by atoms with van der Waals surface area (Å²) in [6.07, 6.45) is 1.16. The highest BCUT2D eigenvalue weighted by atomic mass is 35.5. The van der Waals surface area contributed by atoms with Gasteiger partial charge in [-0.1, -0.05) is 17.7 Å². The van der Waals surface area contributed by atoms with Crippen molar-refractivity contribution in [1.29, 1.82) is 0 Å². The van der Waals surface area contributed by atoms with Crippen LogP contribution in [0.2, 0.25) is 5.15 Å². The van der Waals surface area contributed by atoms with Gasteiger partial charge < -0.3 is 10.6 Å². The van der Waals surface area contributed by atoms with Gasteiger partial charge in [-0.2, -0.15) is 0 Å². The van der Waals surface area contributed by atoms with Crippen LogP contribution in [-0.2, 0) is 0 Å². The van der Waals surface area contributed by atoms with E-state index in [1.54, 1.807) is 6.07 Å². The van der Waals surface area contributed by atoms with E-state index < -0.39 is 0 Å². The van der Waals surface area contributed by atoms with Crippen LogP contribution in [0, 0.1) is 5.92 Å². The lowest BCUT2D eigenvalue weighted by molar-refractivity contribution is 0.602. The normalized spacial score (nSPS) is 20.1. The van der Waals surface area contributed by atoms with Crippen LogP contribution >= 0.6 is 24.0 Å². The number of nitrogens with two attached hydrogens (primary N) is 1. The highest BCUT2D eigenvalue weighted by Crippen LogP contribution is 2.22. The van der Waals surface area contributed by atoms with Crippen LogP contribution in [0.5, 0.6) is 0 Å². The van der Waals surface area contributed by atoms with Crippen LogP contribution in [0.1, 0.15) is 6.42 Å². The number of anilines is 1. The maximum Gasteiger partial charge on any atom is 0.131 e. The third kappa shape index (κ3) is 2.97. The summed E-state index contributed by atoms with van der Waals surface area (Å²) in [5, 5.41) is 0.554. The zero-order valence-electron chi connectivity index (χ0n) is 8.40. The average molecular weight is 248 g/mol. The first-order valence-electron chi connectivity index (χ1n) is 4.87. The number of hydrogen-bond acceptors (Lipinski definition) is 3. The minimum Gasteiger partial charge on any atom is -0.356 e. The molecule has 2 rings (SSSR count). The quantitative estimate of drug-likeness (QED) is 0.813. The van der Waals surface area contributed by atoms with Crippen molar-refractivity contribution in [2.45, 2.75) is 6.42 Å². The second-order valence-electron chi connectivity index (χ2n) is 3.65. The monoisotopic (exact) mass is 247 g/mol. The highest BCUT2D eigenvalue weighted by molar-refractivity contribution is 6.29. The number of nitrogens with zero attached hydrogens (tertiary/aromatic N) is 2. The maximum atomic E-state index is 5.83. The van der Waals surface area contributed by atoms with Gasteiger partial charge in [0.05, 0.1) is 0 Å². The van der Waals surface area contributed by atoms with Gasteiger partial charge in [-0.3, -0.25) is 0 Å². The van der Waals surface area contributed by atoms with Gasteiger partial charge in [-0.15, -0.1) is 12.4 Å². The molecular formula is C10H15Cl2N3. The smallest absolute Gasteiger partial charge is 0.131 e. The Morgan fingerprint density at radius 1 is 1.53 bits per heavy atom. The second-order valence-corrected chi connectivity index (χ2v) is 4.04. The Hall–Kier alpha value is -0.510. The molecule has 1 aliphatic rings. The lowest BCUT2D eigenvalue weighted by atomic mass is 10.1. The zero-order chi connectivity index (χ0) is 9.97. The number of halogens is 2. The fourth-order valence-corrected chi connectivity index (χ4v) is 1.97. The highest BCUT2D eigenvalue weighted by Gasteiger charge is 2.21. The Labute approximate surface area is 101 Å². The lowest BCUT2D eigenvalue weighted by Crippen LogP contribution is -2.23. The molecule has 0 aromatic carbocycles. The molecule has 2 heterocycles. The second kappa shape index (κ2) is 5.54. The maximum absolute atomic E-state index is 5.83. The van der Waals surface area contributed by atoms with E-state index in [0.29, 0.717) is 11.1 Å². The summed E-state index contributed by atoms with van der Waals surface area (Å²) in [4.78, 5) is 6.51. The predicted octanol–water partition coefficient (Wildman–Crippen LogP) is 1.94. The van der Waals surface area contributed by atoms with Crippen molar-refractivity contribution in [3.05, 3.63) is 23.4 Å². The summed E-state index contributed by atoms with van der Waals surface area (Å²) in [5.41, 5.74) is 5.63. The van der Waals surface area contributed by atoms with Crippen LogP contribution in [0.15, 0.2) is 18.2 Å². The third-order valence-corrected chi connectivity index (χ3v) is 2.85. The van der Waals surface area contributed by atoms with Crippen molar-refractivity contribution >= 4 is 29.8 Å². The summed E-state index contributed by atoms with van der Waals surface area (Å²) in [5.74, 6) is 1.57. The molecule has 1 atom stereocenters. The van der Waals surface area contributed by atoms with E-state index in [0.717, 1.165) is 31.9 Å². The molecule has 0 saturated carbocycles. The first-order valence-corrected chi connectivity index (χ1v) is 5.25. The van der Waals surface area contributed by atoms with Gasteiger partial charge >= 0.3 is 0 Å². The molecule has 84 valence electrons. The van der Waals surface area contributed by atoms with E-state index in [9.17, 15) is 0 Å². The van der Waals surface area contributed by atoms with Gasteiger partial charge in [-0.25, -0.2) is 4.98 Å². The molecular weight excluding hydrogens is 233 g/mol. The Morgan fingerprint density at radius 3 is 2.93 bits per heavy atom. The van der Waals surface area contributed by atoms with Crippen LogP contribution in [0.25, 0.3) is 0 Å². The van der Waals surface area contributed by atoms with Gasteiger partial charge in [0.15, 0.2) is 0 Å². The summed E-state index contributed by atoms with van der Waals surface area (Å²) < 4.78 is 0. The molecule has 0 radical (unpaired) electrons. The number of aromatic nitrogens is 1. The average Bonchev–Trinajstić information content (AvgIpc) is 2.66. The van der Waals surface area contributed by atoms with E-state index >= 15 is 0 Å². The van der Waals surface area contributed by atoms with Crippen LogP contribution in [-0.4, -0.2) is 24.6 Å². The van der Waals surface area contributed by atoms with Crippen molar-refractivity contribution in [3.8, 4) is 0 Å². The molecule has 1 saturated heterocycles. The summed E-state index contributed by atoms with van der Waals surface area (Å²) in [6, 6.07) is 5.72. The first kappa shape index (κ1) is 12.6. The minimum atomic E-state index is 0. The molecule has 2 N–H and O–H groups in total. The summed E-state index contributed by atoms with van der Waals surface area (Å²) in [6.45, 7) is 2.80. The molecule has 0 bridgehead atoms. The molecule has 1 fully saturated rings. The van der Waals surface area contributed by atoms with Crippen LogP contribution < -0.4 is 10.6 Å². The topological polar surface area (TPSA) is 42.1 Å². The Balaban J connectivity index is 0.00000112. The third-order valence-electron chi connectivity index (χ3n) is 2.64. The predicted molar refractivity (Wildman–Crippen MR) is 65.9 cm³/mol. The van der Waals surface area contributed by atoms with Gasteiger partial charge in [0, 0.05) is 13.1 Å². The van der Waals surface area contributed by atoms with Crippen LogP contribution in [0.3, 0.4) is 0 Å². The van der Waals surface area contributed by atoms with Crippen molar-refractivity contribution < 1.29 is 0 Å². The number of pyridine rings is 1. The molecule has 15 heavy (non-hydrogen) atoms. The van der Waals surface area contributed by atoms with E-state index in [2.05, 4.69) is 9.88 Å². The first-order chi connectivity index (χ1) is 6.79. The van der Waals surface area contributed by atoms with E-state index in [1.807, 2.05) is 12.1 Å². The molecule has 1 unspecified atom stereocenters. The van der Waals surface area contributed by atoms with Gasteiger partial charge in [0.2, 0.25) is 0 Å². The van der Waals surface area contributed by atoms with Crippen molar-refractivity contribution in [1.82, 2.24) is 4.98 Å². The lowest BCUT2D eigenvalue weighted by Gasteiger charge is -2.16. The summed E-state index contributed by atoms with van der Waals surface area (Å²) in [7, 11) is 0. The van der Waals surface area contributed by atoms with Crippen molar-refractivity contribution in [3.63, 3.8) is 0 Å². The standard InChI is InChI=1S/C10H14ClN3.ClH/c11-9-2-1-3-10(13-9)14-5-4-8(6-12)7-14;/h1-3,8H,4-7,12H2;1H. The fourth-order valence-electron chi connectivity index (χ4n) is 1.81. The fraction of sp³-hybridized carbons (Fsp3) is 0.500. The number of hydrogen-bond donors (Lipinski definition) is 1. The van der Waals surface area contributed by atoms with Crippen molar-refractivity contribution in [2.24, 2.45) is 11.7 Å². The molecule has 1 aromatic rings. The molecule has 5 heteroatoms. The van der Waals surface area contributed by atoms with Crippen molar-refractivity contribution in [2.75, 3.05) is 24.5 Å². The van der Waals surface area contributed by atoms with E-state index in [4.69, 9.17) is 17.3 Å². The molecule has 0 spiro atoms. The summed E-state index contributed by atoms with van der Waals surface area (Å²) >= 11 is 5.83. The van der Waals surface area contributed by atoms with Gasteiger partial charge in [0.1, 0.15) is 11.0 Å². The molecule has 0 amide bonds.